The molecule has 0 aliphatic rings. The number of likely N-dealkylation sites (N-methyl/N-ethyl adjacent to an activating group) is 1. The van der Waals surface area contributed by atoms with Crippen LogP contribution in [-0.4, -0.2) is 92.5 Å². The molecule has 340 valence electrons. The summed E-state index contributed by atoms with van der Waals surface area (Å²) in [4.78, 5) is 37.5. The average molecular weight is 852 g/mol. The molecule has 0 radical (unpaired) electrons. The number of nitrogens with zero attached hydrogens (tertiary/aromatic N) is 1. The molecule has 0 spiro atoms. The monoisotopic (exact) mass is 852 g/mol. The molecule has 59 heavy (non-hydrogen) atoms. The van der Waals surface area contributed by atoms with Gasteiger partial charge in [0, 0.05) is 12.8 Å². The minimum atomic E-state index is -4.67. The molecule has 0 rings (SSSR count). The molecule has 0 aromatic carbocycles. The molecule has 0 aromatic rings. The Labute approximate surface area is 358 Å². The summed E-state index contributed by atoms with van der Waals surface area (Å²) in [7, 11) is 1.04. The number of aliphatic hydroxyl groups excluding tert-OH is 2. The van der Waals surface area contributed by atoms with Gasteiger partial charge in [0.1, 0.15) is 19.8 Å². The number of ether oxygens (including phenoxy) is 2. The number of carbonyl (C=O) groups is 2. The summed E-state index contributed by atoms with van der Waals surface area (Å²) in [6, 6.07) is 0. The van der Waals surface area contributed by atoms with Gasteiger partial charge in [-0.3, -0.25) is 14.2 Å². The van der Waals surface area contributed by atoms with E-state index in [2.05, 4.69) is 13.8 Å². The number of phosphoric acid groups is 1. The number of hydrogen-bond donors (Lipinski definition) is 2. The number of carbonyl (C=O) groups excluding carboxylic acids is 2. The van der Waals surface area contributed by atoms with Gasteiger partial charge in [0.25, 0.3) is 7.82 Å². The largest absolute Gasteiger partial charge is 0.756 e. The molecular formula is C47H82NO10P. The molecule has 0 amide bonds. The summed E-state index contributed by atoms with van der Waals surface area (Å²) in [6.45, 7) is 3.80. The van der Waals surface area contributed by atoms with Gasteiger partial charge >= 0.3 is 11.9 Å². The van der Waals surface area contributed by atoms with Crippen LogP contribution in [-0.2, 0) is 32.7 Å². The molecular weight excluding hydrogens is 769 g/mol. The van der Waals surface area contributed by atoms with Crippen molar-refractivity contribution in [1.82, 2.24) is 0 Å². The van der Waals surface area contributed by atoms with Crippen LogP contribution < -0.4 is 4.89 Å². The maximum atomic E-state index is 12.7. The Kier molecular flexibility index (Phi) is 36.6. The van der Waals surface area contributed by atoms with Crippen LogP contribution in [0.4, 0.5) is 0 Å². The van der Waals surface area contributed by atoms with E-state index in [4.69, 9.17) is 18.5 Å². The first kappa shape index (κ1) is 56.4. The number of esters is 2. The molecule has 0 bridgehead atoms. The van der Waals surface area contributed by atoms with Gasteiger partial charge in [-0.15, -0.1) is 0 Å². The lowest BCUT2D eigenvalue weighted by molar-refractivity contribution is -0.870. The lowest BCUT2D eigenvalue weighted by Gasteiger charge is -2.28. The molecule has 12 heteroatoms. The molecule has 0 heterocycles. The summed E-state index contributed by atoms with van der Waals surface area (Å²) < 4.78 is 33.7. The number of phosphoric ester groups is 1. The first-order valence-corrected chi connectivity index (χ1v) is 23.8. The number of allylic oxidation sites excluding steroid dienone is 8. The van der Waals surface area contributed by atoms with Crippen LogP contribution in [0.2, 0.25) is 0 Å². The topological polar surface area (TPSA) is 152 Å². The highest BCUT2D eigenvalue weighted by molar-refractivity contribution is 7.45. The maximum Gasteiger partial charge on any atom is 0.306 e. The molecule has 0 fully saturated rings. The Balaban J connectivity index is 4.60. The van der Waals surface area contributed by atoms with Crippen LogP contribution in [0.25, 0.3) is 0 Å². The fraction of sp³-hybridized carbons (Fsp3) is 0.702. The highest BCUT2D eigenvalue weighted by Crippen LogP contribution is 2.38. The van der Waals surface area contributed by atoms with E-state index in [1.807, 2.05) is 63.7 Å². The fourth-order valence-corrected chi connectivity index (χ4v) is 6.36. The summed E-state index contributed by atoms with van der Waals surface area (Å²) in [6.07, 6.45) is 40.0. The first-order chi connectivity index (χ1) is 28.3. The molecule has 11 nitrogen and oxygen atoms in total. The normalized spacial score (nSPS) is 15.3. The van der Waals surface area contributed by atoms with Gasteiger partial charge in [0.15, 0.2) is 6.10 Å². The first-order valence-electron chi connectivity index (χ1n) is 22.4. The SMILES string of the molecule is CC/C=C\C[C@@H](O)/C=C/C=C\C/C=C\C=C\[C@@H](O)/C=C\CCCC(=O)OC[C@H](COP(=O)([O-])OCC[N+](C)(C)C)OC(=O)CCCCCCCCCCCCCCCC. The third-order valence-electron chi connectivity index (χ3n) is 9.17. The van der Waals surface area contributed by atoms with E-state index in [0.29, 0.717) is 43.1 Å². The summed E-state index contributed by atoms with van der Waals surface area (Å²) in [5.41, 5.74) is 0. The van der Waals surface area contributed by atoms with E-state index in [1.165, 1.54) is 64.2 Å². The standard InChI is InChI=1S/C47H82NO10P/c1-6-8-10-11-12-13-14-15-16-17-18-22-25-31-38-47(52)58-45(42-57-59(53,54)56-40-39-48(3,4)5)41-55-46(51)37-32-26-30-36-44(50)35-29-24-21-19-20-23-28-34-43(49)33-27-9-7-2/h9,20-21,23-24,27-30,34-36,43-45,49-50H,6-8,10-19,22,25-26,31-33,37-42H2,1-5H3/b23-20-,24-21-,27-9-,34-28+,35-29+,36-30-/t43-,44-,45-/m1/s1. The molecule has 0 saturated carbocycles. The van der Waals surface area contributed by atoms with E-state index in [9.17, 15) is 29.3 Å². The predicted octanol–water partition coefficient (Wildman–Crippen LogP) is 9.94. The van der Waals surface area contributed by atoms with Crippen molar-refractivity contribution < 1.29 is 52.3 Å². The molecule has 1 unspecified atom stereocenters. The van der Waals surface area contributed by atoms with Crippen molar-refractivity contribution in [2.24, 2.45) is 0 Å². The summed E-state index contributed by atoms with van der Waals surface area (Å²) in [5.74, 6) is -1.02. The van der Waals surface area contributed by atoms with Gasteiger partial charge in [-0.25, -0.2) is 0 Å². The van der Waals surface area contributed by atoms with Crippen LogP contribution >= 0.6 is 7.82 Å². The molecule has 0 saturated heterocycles. The van der Waals surface area contributed by atoms with Crippen LogP contribution in [0.5, 0.6) is 0 Å². The zero-order valence-corrected chi connectivity index (χ0v) is 38.3. The highest BCUT2D eigenvalue weighted by Gasteiger charge is 2.21. The Hall–Kier alpha value is -2.63. The fourth-order valence-electron chi connectivity index (χ4n) is 5.63. The number of aliphatic hydroxyl groups is 2. The Morgan fingerprint density at radius 2 is 1.24 bits per heavy atom. The van der Waals surface area contributed by atoms with Crippen molar-refractivity contribution in [1.29, 1.82) is 0 Å². The van der Waals surface area contributed by atoms with Gasteiger partial charge in [0.2, 0.25) is 0 Å². The van der Waals surface area contributed by atoms with Gasteiger partial charge in [0.05, 0.1) is 40.0 Å². The zero-order valence-electron chi connectivity index (χ0n) is 37.4. The Morgan fingerprint density at radius 1 is 0.661 bits per heavy atom. The predicted molar refractivity (Wildman–Crippen MR) is 238 cm³/mol. The van der Waals surface area contributed by atoms with E-state index >= 15 is 0 Å². The lowest BCUT2D eigenvalue weighted by Crippen LogP contribution is -2.37. The van der Waals surface area contributed by atoms with Crippen LogP contribution in [0.1, 0.15) is 149 Å². The number of unbranched alkanes of at least 4 members (excludes halogenated alkanes) is 14. The van der Waals surface area contributed by atoms with Crippen molar-refractivity contribution >= 4 is 19.8 Å². The van der Waals surface area contributed by atoms with Gasteiger partial charge < -0.3 is 38.1 Å². The number of hydrogen-bond acceptors (Lipinski definition) is 10. The lowest BCUT2D eigenvalue weighted by atomic mass is 10.0. The van der Waals surface area contributed by atoms with E-state index in [-0.39, 0.29) is 26.1 Å². The van der Waals surface area contributed by atoms with E-state index in [1.54, 1.807) is 30.4 Å². The molecule has 0 aromatic heterocycles. The third kappa shape index (κ3) is 41.9. The molecule has 4 atom stereocenters. The number of quaternary nitrogens is 1. The van der Waals surface area contributed by atoms with E-state index in [0.717, 1.165) is 25.7 Å². The van der Waals surface area contributed by atoms with Gasteiger partial charge in [-0.1, -0.05) is 170 Å². The van der Waals surface area contributed by atoms with Crippen molar-refractivity contribution in [3.8, 4) is 0 Å². The third-order valence-corrected chi connectivity index (χ3v) is 10.1. The van der Waals surface area contributed by atoms with Crippen LogP contribution in [0.15, 0.2) is 72.9 Å². The molecule has 2 N–H and O–H groups in total. The molecule has 0 aliphatic heterocycles. The Bertz CT molecular complexity index is 1270. The van der Waals surface area contributed by atoms with Crippen molar-refractivity contribution in [3.63, 3.8) is 0 Å². The quantitative estimate of drug-likeness (QED) is 0.0153. The minimum absolute atomic E-state index is 0.0662. The van der Waals surface area contributed by atoms with Gasteiger partial charge in [-0.05, 0) is 38.5 Å². The second-order valence-electron chi connectivity index (χ2n) is 16.1. The average Bonchev–Trinajstić information content (AvgIpc) is 3.17. The van der Waals surface area contributed by atoms with E-state index < -0.39 is 44.7 Å². The summed E-state index contributed by atoms with van der Waals surface area (Å²) in [5, 5.41) is 20.0. The van der Waals surface area contributed by atoms with Crippen molar-refractivity contribution in [2.45, 2.75) is 167 Å². The van der Waals surface area contributed by atoms with Crippen LogP contribution in [0.3, 0.4) is 0 Å². The summed E-state index contributed by atoms with van der Waals surface area (Å²) >= 11 is 0. The minimum Gasteiger partial charge on any atom is -0.756 e. The zero-order chi connectivity index (χ0) is 43.9. The van der Waals surface area contributed by atoms with Crippen LogP contribution in [0, 0.1) is 0 Å². The van der Waals surface area contributed by atoms with Crippen molar-refractivity contribution in [3.05, 3.63) is 72.9 Å². The smallest absolute Gasteiger partial charge is 0.306 e. The molecule has 0 aliphatic carbocycles. The number of rotatable bonds is 39. The Morgan fingerprint density at radius 3 is 1.83 bits per heavy atom. The van der Waals surface area contributed by atoms with Gasteiger partial charge in [-0.2, -0.15) is 0 Å². The maximum absolute atomic E-state index is 12.7. The highest BCUT2D eigenvalue weighted by atomic mass is 31.2. The second kappa shape index (κ2) is 38.3. The van der Waals surface area contributed by atoms with Crippen molar-refractivity contribution in [2.75, 3.05) is 47.5 Å². The second-order valence-corrected chi connectivity index (χ2v) is 17.5.